The molecule has 0 aromatic heterocycles. The Labute approximate surface area is 130 Å². The molecule has 0 spiro atoms. The van der Waals surface area contributed by atoms with Crippen LogP contribution in [0.2, 0.25) is 0 Å². The fourth-order valence-electron chi connectivity index (χ4n) is 2.55. The highest BCUT2D eigenvalue weighted by Crippen LogP contribution is 2.37. The van der Waals surface area contributed by atoms with E-state index in [0.29, 0.717) is 18.7 Å². The molecule has 1 heterocycles. The summed E-state index contributed by atoms with van der Waals surface area (Å²) in [4.78, 5) is 2.02. The molecule has 0 aliphatic carbocycles. The van der Waals surface area contributed by atoms with E-state index >= 15 is 0 Å². The average molecular weight is 340 g/mol. The molecule has 0 unspecified atom stereocenters. The standard InChI is InChI=1S/C14H17F5N2S/c15-13(16)9-12(21-7-5-20-6-8-21)10-1-3-11(4-2-10)22-14(17,18)19/h1-4,12-13,20H,5-9H2/t12-/m0/s1. The molecule has 0 saturated carbocycles. The molecule has 2 nitrogen and oxygen atoms in total. The first kappa shape index (κ1) is 17.5. The molecular formula is C14H17F5N2S. The second-order valence-corrected chi connectivity index (χ2v) is 6.18. The largest absolute Gasteiger partial charge is 0.446 e. The molecule has 0 radical (unpaired) electrons. The number of hydrogen-bond donors (Lipinski definition) is 1. The van der Waals surface area contributed by atoms with Gasteiger partial charge in [0.2, 0.25) is 6.43 Å². The minimum absolute atomic E-state index is 0.0624. The minimum atomic E-state index is -4.34. The van der Waals surface area contributed by atoms with Crippen molar-refractivity contribution in [3.8, 4) is 0 Å². The Morgan fingerprint density at radius 3 is 2.18 bits per heavy atom. The molecule has 1 atom stereocenters. The number of benzene rings is 1. The molecule has 1 aliphatic rings. The second kappa shape index (κ2) is 7.61. The van der Waals surface area contributed by atoms with E-state index < -0.39 is 18.0 Å². The predicted octanol–water partition coefficient (Wildman–Crippen LogP) is 3.90. The Hall–Kier alpha value is -0.860. The van der Waals surface area contributed by atoms with E-state index in [2.05, 4.69) is 5.32 Å². The summed E-state index contributed by atoms with van der Waals surface area (Å²) in [6.45, 7) is 2.75. The van der Waals surface area contributed by atoms with Gasteiger partial charge in [-0.05, 0) is 29.5 Å². The summed E-state index contributed by atoms with van der Waals surface area (Å²) < 4.78 is 62.6. The van der Waals surface area contributed by atoms with Gasteiger partial charge < -0.3 is 5.32 Å². The van der Waals surface area contributed by atoms with E-state index in [9.17, 15) is 22.0 Å². The zero-order chi connectivity index (χ0) is 16.2. The first-order valence-corrected chi connectivity index (χ1v) is 7.75. The van der Waals surface area contributed by atoms with Gasteiger partial charge in [-0.3, -0.25) is 4.90 Å². The van der Waals surface area contributed by atoms with E-state index in [1.54, 1.807) is 0 Å². The molecule has 22 heavy (non-hydrogen) atoms. The Bertz CT molecular complexity index is 457. The van der Waals surface area contributed by atoms with Gasteiger partial charge in [0.1, 0.15) is 0 Å². The number of nitrogens with one attached hydrogen (secondary N) is 1. The van der Waals surface area contributed by atoms with Crippen LogP contribution in [0.15, 0.2) is 29.2 Å². The van der Waals surface area contributed by atoms with Crippen LogP contribution in [0, 0.1) is 0 Å². The van der Waals surface area contributed by atoms with Crippen molar-refractivity contribution in [2.45, 2.75) is 29.3 Å². The molecule has 1 aliphatic heterocycles. The molecule has 124 valence electrons. The molecule has 0 bridgehead atoms. The lowest BCUT2D eigenvalue weighted by Gasteiger charge is -2.35. The summed E-state index contributed by atoms with van der Waals surface area (Å²) >= 11 is -0.201. The van der Waals surface area contributed by atoms with Crippen LogP contribution in [0.1, 0.15) is 18.0 Å². The van der Waals surface area contributed by atoms with Gasteiger partial charge in [0.05, 0.1) is 0 Å². The third kappa shape index (κ3) is 5.40. The lowest BCUT2D eigenvalue weighted by Crippen LogP contribution is -2.45. The molecule has 1 aromatic carbocycles. The fourth-order valence-corrected chi connectivity index (χ4v) is 3.09. The molecule has 2 rings (SSSR count). The van der Waals surface area contributed by atoms with Crippen LogP contribution in [0.25, 0.3) is 0 Å². The van der Waals surface area contributed by atoms with Crippen molar-refractivity contribution < 1.29 is 22.0 Å². The number of halogens is 5. The number of rotatable bonds is 5. The maximum Gasteiger partial charge on any atom is 0.446 e. The van der Waals surface area contributed by atoms with E-state index in [1.165, 1.54) is 24.3 Å². The van der Waals surface area contributed by atoms with Crippen LogP contribution in [0.5, 0.6) is 0 Å². The summed E-state index contributed by atoms with van der Waals surface area (Å²) in [6.07, 6.45) is -2.77. The van der Waals surface area contributed by atoms with Crippen LogP contribution in [-0.4, -0.2) is 43.0 Å². The SMILES string of the molecule is FC(F)C[C@@H](c1ccc(SC(F)(F)F)cc1)N1CCNCC1. The minimum Gasteiger partial charge on any atom is -0.314 e. The molecule has 1 aromatic rings. The molecule has 1 saturated heterocycles. The van der Waals surface area contributed by atoms with Crippen molar-refractivity contribution in [1.29, 1.82) is 0 Å². The smallest absolute Gasteiger partial charge is 0.314 e. The van der Waals surface area contributed by atoms with Crippen molar-refractivity contribution in [2.75, 3.05) is 26.2 Å². The number of piperazine rings is 1. The lowest BCUT2D eigenvalue weighted by atomic mass is 10.0. The zero-order valence-corrected chi connectivity index (χ0v) is 12.6. The normalized spacial score (nSPS) is 18.6. The summed E-state index contributed by atoms with van der Waals surface area (Å²) in [7, 11) is 0. The third-order valence-corrected chi connectivity index (χ3v) is 4.23. The van der Waals surface area contributed by atoms with Crippen molar-refractivity contribution in [3.63, 3.8) is 0 Å². The van der Waals surface area contributed by atoms with Gasteiger partial charge in [-0.2, -0.15) is 13.2 Å². The van der Waals surface area contributed by atoms with Crippen molar-refractivity contribution >= 4 is 11.8 Å². The van der Waals surface area contributed by atoms with E-state index in [0.717, 1.165) is 13.1 Å². The van der Waals surface area contributed by atoms with Crippen LogP contribution in [-0.2, 0) is 0 Å². The second-order valence-electron chi connectivity index (χ2n) is 5.05. The number of thioether (sulfide) groups is 1. The summed E-state index contributed by atoms with van der Waals surface area (Å²) in [5, 5.41) is 3.15. The third-order valence-electron chi connectivity index (χ3n) is 3.49. The summed E-state index contributed by atoms with van der Waals surface area (Å²) in [5.74, 6) is 0. The fraction of sp³-hybridized carbons (Fsp3) is 0.571. The Morgan fingerprint density at radius 1 is 1.09 bits per heavy atom. The Balaban J connectivity index is 2.12. The highest BCUT2D eigenvalue weighted by atomic mass is 32.2. The van der Waals surface area contributed by atoms with Gasteiger partial charge in [0.15, 0.2) is 0 Å². The number of nitrogens with zero attached hydrogens (tertiary/aromatic N) is 1. The van der Waals surface area contributed by atoms with Gasteiger partial charge in [-0.25, -0.2) is 8.78 Å². The highest BCUT2D eigenvalue weighted by molar-refractivity contribution is 8.00. The first-order chi connectivity index (χ1) is 10.3. The molecule has 8 heteroatoms. The Morgan fingerprint density at radius 2 is 1.68 bits per heavy atom. The maximum atomic E-state index is 12.8. The summed E-state index contributed by atoms with van der Waals surface area (Å²) in [6, 6.07) is 5.25. The Kier molecular flexibility index (Phi) is 6.05. The average Bonchev–Trinajstić information content (AvgIpc) is 2.45. The van der Waals surface area contributed by atoms with Crippen LogP contribution in [0.4, 0.5) is 22.0 Å². The maximum absolute atomic E-state index is 12.8. The van der Waals surface area contributed by atoms with Gasteiger partial charge in [0.25, 0.3) is 0 Å². The molecule has 0 amide bonds. The van der Waals surface area contributed by atoms with Crippen LogP contribution in [0.3, 0.4) is 0 Å². The van der Waals surface area contributed by atoms with Crippen LogP contribution < -0.4 is 5.32 Å². The molecule has 1 N–H and O–H groups in total. The highest BCUT2D eigenvalue weighted by Gasteiger charge is 2.30. The van der Waals surface area contributed by atoms with E-state index in [4.69, 9.17) is 0 Å². The topological polar surface area (TPSA) is 15.3 Å². The van der Waals surface area contributed by atoms with Gasteiger partial charge in [-0.1, -0.05) is 12.1 Å². The van der Waals surface area contributed by atoms with Crippen molar-refractivity contribution in [3.05, 3.63) is 29.8 Å². The predicted molar refractivity (Wildman–Crippen MR) is 76.2 cm³/mol. The number of alkyl halides is 5. The molecule has 1 fully saturated rings. The monoisotopic (exact) mass is 340 g/mol. The van der Waals surface area contributed by atoms with E-state index in [1.807, 2.05) is 4.90 Å². The summed E-state index contributed by atoms with van der Waals surface area (Å²) in [5.41, 5.74) is -3.71. The van der Waals surface area contributed by atoms with Crippen LogP contribution >= 0.6 is 11.8 Å². The van der Waals surface area contributed by atoms with Gasteiger partial charge in [-0.15, -0.1) is 0 Å². The molecular weight excluding hydrogens is 323 g/mol. The first-order valence-electron chi connectivity index (χ1n) is 6.94. The number of hydrogen-bond acceptors (Lipinski definition) is 3. The van der Waals surface area contributed by atoms with Crippen molar-refractivity contribution in [2.24, 2.45) is 0 Å². The van der Waals surface area contributed by atoms with Gasteiger partial charge >= 0.3 is 5.51 Å². The lowest BCUT2D eigenvalue weighted by molar-refractivity contribution is -0.0328. The zero-order valence-electron chi connectivity index (χ0n) is 11.7. The van der Waals surface area contributed by atoms with Crippen molar-refractivity contribution in [1.82, 2.24) is 10.2 Å². The van der Waals surface area contributed by atoms with E-state index in [-0.39, 0.29) is 23.1 Å². The van der Waals surface area contributed by atoms with Gasteiger partial charge in [0, 0.05) is 43.5 Å². The quantitative estimate of drug-likeness (QED) is 0.646.